The lowest BCUT2D eigenvalue weighted by Crippen LogP contribution is -2.33. The van der Waals surface area contributed by atoms with Gasteiger partial charge < -0.3 is 15.2 Å². The number of rotatable bonds is 8. The second kappa shape index (κ2) is 8.28. The zero-order valence-electron chi connectivity index (χ0n) is 10.6. The van der Waals surface area contributed by atoms with Gasteiger partial charge in [0.05, 0.1) is 0 Å². The molecule has 94 valence electrons. The highest BCUT2D eigenvalue weighted by Crippen LogP contribution is 2.00. The summed E-state index contributed by atoms with van der Waals surface area (Å²) in [6.07, 6.45) is 2.01. The summed E-state index contributed by atoms with van der Waals surface area (Å²) in [7, 11) is 0.487. The van der Waals surface area contributed by atoms with Gasteiger partial charge in [0, 0.05) is 18.9 Å². The quantitative estimate of drug-likeness (QED) is 0.435. The molecule has 3 nitrogen and oxygen atoms in total. The van der Waals surface area contributed by atoms with Crippen LogP contribution in [0.2, 0.25) is 0 Å². The molecule has 1 aromatic carbocycles. The molecule has 0 saturated carbocycles. The summed E-state index contributed by atoms with van der Waals surface area (Å²) in [4.78, 5) is 0. The van der Waals surface area contributed by atoms with E-state index in [4.69, 9.17) is 15.2 Å². The Balaban J connectivity index is 2.51. The third-order valence-corrected chi connectivity index (χ3v) is 3.33. The second-order valence-corrected chi connectivity index (χ2v) is 5.18. The minimum atomic E-state index is -0.128. The van der Waals surface area contributed by atoms with E-state index < -0.39 is 0 Å². The third-order valence-electron chi connectivity index (χ3n) is 2.12. The molecule has 0 fully saturated rings. The molecule has 2 N–H and O–H groups in total. The van der Waals surface area contributed by atoms with Crippen LogP contribution in [0, 0.1) is 0 Å². The normalized spacial score (nSPS) is 11.0. The fourth-order valence-corrected chi connectivity index (χ4v) is 2.46. The topological polar surface area (TPSA) is 44.5 Å². The van der Waals surface area contributed by atoms with Crippen LogP contribution in [0.4, 0.5) is 5.69 Å². The van der Waals surface area contributed by atoms with Crippen molar-refractivity contribution in [3.05, 3.63) is 24.3 Å². The molecule has 0 bridgehead atoms. The fraction of sp³-hybridized carbons (Fsp3) is 0.538. The summed E-state index contributed by atoms with van der Waals surface area (Å²) < 4.78 is 11.4. The summed E-state index contributed by atoms with van der Waals surface area (Å²) in [5.74, 6) is -0.128. The van der Waals surface area contributed by atoms with Gasteiger partial charge in [0.25, 0.3) is 0 Å². The molecule has 0 aliphatic rings. The number of benzene rings is 1. The second-order valence-electron chi connectivity index (χ2n) is 3.84. The van der Waals surface area contributed by atoms with Crippen LogP contribution in [0.1, 0.15) is 26.7 Å². The van der Waals surface area contributed by atoms with E-state index in [9.17, 15) is 0 Å². The van der Waals surface area contributed by atoms with Crippen LogP contribution < -0.4 is 10.9 Å². The van der Waals surface area contributed by atoms with Gasteiger partial charge >= 0.3 is 0 Å². The molecule has 0 aromatic heterocycles. The minimum Gasteiger partial charge on any atom is -0.399 e. The fourth-order valence-electron chi connectivity index (χ4n) is 1.35. The van der Waals surface area contributed by atoms with Gasteiger partial charge in [-0.3, -0.25) is 0 Å². The summed E-state index contributed by atoms with van der Waals surface area (Å²) in [5.41, 5.74) is 6.55. The average molecular weight is 251 g/mol. The van der Waals surface area contributed by atoms with Crippen molar-refractivity contribution in [2.24, 2.45) is 0 Å². The molecular weight excluding hydrogens is 230 g/mol. The van der Waals surface area contributed by atoms with E-state index >= 15 is 0 Å². The molecule has 4 heteroatoms. The van der Waals surface area contributed by atoms with Crippen molar-refractivity contribution >= 4 is 20.4 Å². The van der Waals surface area contributed by atoms with Crippen molar-refractivity contribution in [1.82, 2.24) is 0 Å². The lowest BCUT2D eigenvalue weighted by atomic mass is 10.3. The average Bonchev–Trinajstić information content (AvgIpc) is 2.32. The molecule has 0 spiro atoms. The number of nitrogen functional groups attached to an aromatic ring is 1. The van der Waals surface area contributed by atoms with E-state index in [1.807, 2.05) is 18.2 Å². The standard InChI is InChI=1S/C13H21NO2Si/c1-3-8-15-13(16-9-4-2)17-12-7-5-6-11(14)10-12/h5-7,10,13H,3-4,8-9,14H2,1-2H3. The van der Waals surface area contributed by atoms with Crippen molar-refractivity contribution in [3.8, 4) is 0 Å². The van der Waals surface area contributed by atoms with Crippen LogP contribution in [-0.2, 0) is 9.47 Å². The molecule has 0 aliphatic carbocycles. The Morgan fingerprint density at radius 3 is 2.35 bits per heavy atom. The van der Waals surface area contributed by atoms with E-state index in [-0.39, 0.29) is 5.91 Å². The van der Waals surface area contributed by atoms with Crippen molar-refractivity contribution in [3.63, 3.8) is 0 Å². The van der Waals surface area contributed by atoms with Crippen LogP contribution >= 0.6 is 0 Å². The maximum atomic E-state index is 5.76. The van der Waals surface area contributed by atoms with Crippen molar-refractivity contribution < 1.29 is 9.47 Å². The first kappa shape index (κ1) is 14.2. The molecule has 1 aromatic rings. The molecule has 0 heterocycles. The van der Waals surface area contributed by atoms with E-state index in [1.165, 1.54) is 5.19 Å². The maximum absolute atomic E-state index is 5.76. The van der Waals surface area contributed by atoms with Crippen molar-refractivity contribution in [2.45, 2.75) is 32.6 Å². The predicted molar refractivity (Wildman–Crippen MR) is 72.5 cm³/mol. The Bertz CT molecular complexity index is 312. The lowest BCUT2D eigenvalue weighted by Gasteiger charge is -2.17. The zero-order valence-corrected chi connectivity index (χ0v) is 11.6. The first-order valence-electron chi connectivity index (χ1n) is 6.11. The Labute approximate surface area is 106 Å². The number of hydrogen-bond donors (Lipinski definition) is 1. The molecule has 0 amide bonds. The van der Waals surface area contributed by atoms with Crippen LogP contribution in [0.25, 0.3) is 0 Å². The largest absolute Gasteiger partial charge is 0.399 e. The van der Waals surface area contributed by atoms with Gasteiger partial charge in [-0.1, -0.05) is 31.2 Å². The number of hydrogen-bond acceptors (Lipinski definition) is 3. The molecule has 2 radical (unpaired) electrons. The van der Waals surface area contributed by atoms with Crippen LogP contribution in [0.3, 0.4) is 0 Å². The summed E-state index contributed by atoms with van der Waals surface area (Å²) >= 11 is 0. The molecule has 1 rings (SSSR count). The first-order valence-corrected chi connectivity index (χ1v) is 7.19. The Morgan fingerprint density at radius 1 is 1.18 bits per heavy atom. The van der Waals surface area contributed by atoms with Gasteiger partial charge in [0.15, 0.2) is 9.52 Å². The molecule has 0 atom stereocenters. The van der Waals surface area contributed by atoms with E-state index in [0.717, 1.165) is 31.7 Å². The third kappa shape index (κ3) is 5.86. The highest BCUT2D eigenvalue weighted by molar-refractivity contribution is 6.54. The van der Waals surface area contributed by atoms with Crippen LogP contribution in [-0.4, -0.2) is 28.6 Å². The van der Waals surface area contributed by atoms with Crippen LogP contribution in [0.5, 0.6) is 0 Å². The van der Waals surface area contributed by atoms with E-state index in [0.29, 0.717) is 9.52 Å². The van der Waals surface area contributed by atoms with Gasteiger partial charge in [0.2, 0.25) is 0 Å². The Morgan fingerprint density at radius 2 is 1.82 bits per heavy atom. The molecule has 17 heavy (non-hydrogen) atoms. The molecule has 0 saturated heterocycles. The van der Waals surface area contributed by atoms with Gasteiger partial charge in [0.1, 0.15) is 5.91 Å². The van der Waals surface area contributed by atoms with Gasteiger partial charge in [-0.15, -0.1) is 0 Å². The molecular formula is C13H21NO2Si. The summed E-state index contributed by atoms with van der Waals surface area (Å²) in [6.45, 7) is 5.67. The summed E-state index contributed by atoms with van der Waals surface area (Å²) in [6, 6.07) is 7.90. The van der Waals surface area contributed by atoms with Gasteiger partial charge in [-0.2, -0.15) is 0 Å². The number of nitrogens with two attached hydrogens (primary N) is 1. The maximum Gasteiger partial charge on any atom is 0.157 e. The van der Waals surface area contributed by atoms with Crippen molar-refractivity contribution in [1.29, 1.82) is 0 Å². The SMILES string of the molecule is CCCOC(OCCC)[Si]c1cccc(N)c1. The monoisotopic (exact) mass is 251 g/mol. The van der Waals surface area contributed by atoms with E-state index in [1.54, 1.807) is 0 Å². The number of ether oxygens (including phenoxy) is 2. The number of anilines is 1. The first-order chi connectivity index (χ1) is 8.26. The minimum absolute atomic E-state index is 0.128. The van der Waals surface area contributed by atoms with E-state index in [2.05, 4.69) is 19.9 Å². The van der Waals surface area contributed by atoms with Crippen molar-refractivity contribution in [2.75, 3.05) is 18.9 Å². The summed E-state index contributed by atoms with van der Waals surface area (Å²) in [5, 5.41) is 1.18. The predicted octanol–water partition coefficient (Wildman–Crippen LogP) is 1.74. The van der Waals surface area contributed by atoms with Gasteiger partial charge in [-0.05, 0) is 25.0 Å². The zero-order chi connectivity index (χ0) is 12.5. The lowest BCUT2D eigenvalue weighted by molar-refractivity contribution is -0.0894. The smallest absolute Gasteiger partial charge is 0.157 e. The molecule has 0 unspecified atom stereocenters. The Kier molecular flexibility index (Phi) is 6.92. The molecule has 0 aliphatic heterocycles. The Hall–Kier alpha value is -0.843. The highest BCUT2D eigenvalue weighted by Gasteiger charge is 2.11. The van der Waals surface area contributed by atoms with Gasteiger partial charge in [-0.25, -0.2) is 0 Å². The highest BCUT2D eigenvalue weighted by atomic mass is 28.2. The van der Waals surface area contributed by atoms with Crippen LogP contribution in [0.15, 0.2) is 24.3 Å².